The first-order valence-corrected chi connectivity index (χ1v) is 9.85. The van der Waals surface area contributed by atoms with Gasteiger partial charge in [0.2, 0.25) is 5.82 Å². The van der Waals surface area contributed by atoms with Crippen molar-refractivity contribution in [1.82, 2.24) is 19.6 Å². The largest absolute Gasteiger partial charge is 0.497 e. The van der Waals surface area contributed by atoms with E-state index in [0.29, 0.717) is 17.8 Å². The van der Waals surface area contributed by atoms with Crippen molar-refractivity contribution in [3.05, 3.63) is 65.7 Å². The van der Waals surface area contributed by atoms with Crippen LogP contribution >= 0.6 is 0 Å². The van der Waals surface area contributed by atoms with Crippen molar-refractivity contribution in [2.45, 2.75) is 25.8 Å². The molecule has 1 fully saturated rings. The minimum absolute atomic E-state index is 0.109. The molecule has 2 amide bonds. The summed E-state index contributed by atoms with van der Waals surface area (Å²) in [4.78, 5) is 32.1. The first-order chi connectivity index (χ1) is 14.2. The number of carbonyl (C=O) groups is 2. The van der Waals surface area contributed by atoms with Crippen molar-refractivity contribution in [1.29, 1.82) is 0 Å². The minimum Gasteiger partial charge on any atom is -0.497 e. The molecule has 1 aliphatic rings. The summed E-state index contributed by atoms with van der Waals surface area (Å²) in [6, 6.07) is 13.0. The Kier molecular flexibility index (Phi) is 5.46. The van der Waals surface area contributed by atoms with Crippen LogP contribution in [0, 0.1) is 0 Å². The number of nitrogens with zero attached hydrogens (tertiary/aromatic N) is 3. The van der Waals surface area contributed by atoms with Crippen LogP contribution in [0.15, 0.2) is 48.7 Å². The Morgan fingerprint density at radius 2 is 1.83 bits per heavy atom. The highest BCUT2D eigenvalue weighted by Gasteiger charge is 2.25. The number of likely N-dealkylation sites (tertiary alicyclic amines) is 1. The summed E-state index contributed by atoms with van der Waals surface area (Å²) >= 11 is 0. The maximum atomic E-state index is 13.0. The number of methoxy groups -OCH3 is 1. The zero-order valence-corrected chi connectivity index (χ0v) is 16.4. The molecule has 3 aromatic rings. The molecule has 7 heteroatoms. The molecule has 1 aliphatic heterocycles. The van der Waals surface area contributed by atoms with Crippen molar-refractivity contribution in [2.75, 3.05) is 20.2 Å². The molecule has 0 radical (unpaired) electrons. The van der Waals surface area contributed by atoms with Crippen LogP contribution in [0.3, 0.4) is 0 Å². The van der Waals surface area contributed by atoms with Crippen molar-refractivity contribution < 1.29 is 14.3 Å². The van der Waals surface area contributed by atoms with Crippen molar-refractivity contribution in [2.24, 2.45) is 0 Å². The first kappa shape index (κ1) is 19.0. The number of ether oxygens (including phenoxy) is 1. The molecule has 0 saturated carbocycles. The number of imidazole rings is 1. The molecule has 29 heavy (non-hydrogen) atoms. The van der Waals surface area contributed by atoms with Crippen LogP contribution < -0.4 is 10.1 Å². The van der Waals surface area contributed by atoms with E-state index in [4.69, 9.17) is 4.74 Å². The monoisotopic (exact) mass is 392 g/mol. The quantitative estimate of drug-likeness (QED) is 0.724. The molecule has 150 valence electrons. The summed E-state index contributed by atoms with van der Waals surface area (Å²) in [5.74, 6) is 0.553. The van der Waals surface area contributed by atoms with Crippen molar-refractivity contribution in [3.8, 4) is 5.75 Å². The van der Waals surface area contributed by atoms with E-state index in [1.807, 2.05) is 47.4 Å². The molecule has 7 nitrogen and oxygen atoms in total. The van der Waals surface area contributed by atoms with Gasteiger partial charge in [0, 0.05) is 25.8 Å². The van der Waals surface area contributed by atoms with E-state index in [9.17, 15) is 9.59 Å². The molecule has 2 aromatic heterocycles. The first-order valence-electron chi connectivity index (χ1n) is 9.85. The van der Waals surface area contributed by atoms with Gasteiger partial charge in [-0.1, -0.05) is 18.2 Å². The fourth-order valence-electron chi connectivity index (χ4n) is 3.61. The highest BCUT2D eigenvalue weighted by molar-refractivity contribution is 6.02. The van der Waals surface area contributed by atoms with Crippen LogP contribution in [0.2, 0.25) is 0 Å². The maximum absolute atomic E-state index is 13.0. The Morgan fingerprint density at radius 3 is 2.55 bits per heavy atom. The van der Waals surface area contributed by atoms with Gasteiger partial charge < -0.3 is 15.0 Å². The summed E-state index contributed by atoms with van der Waals surface area (Å²) in [6.07, 6.45) is 4.92. The lowest BCUT2D eigenvalue weighted by molar-refractivity contribution is 0.0721. The number of carbonyl (C=O) groups excluding carboxylic acids is 2. The Bertz CT molecular complexity index is 1020. The van der Waals surface area contributed by atoms with Crippen LogP contribution in [-0.4, -0.2) is 46.3 Å². The zero-order valence-electron chi connectivity index (χ0n) is 16.4. The highest BCUT2D eigenvalue weighted by atomic mass is 16.5. The number of rotatable bonds is 5. The third-order valence-electron chi connectivity index (χ3n) is 5.21. The molecule has 3 heterocycles. The molecule has 0 bridgehead atoms. The molecule has 4 rings (SSSR count). The number of amides is 2. The van der Waals surface area contributed by atoms with Gasteiger partial charge >= 0.3 is 0 Å². The van der Waals surface area contributed by atoms with Crippen molar-refractivity contribution in [3.63, 3.8) is 0 Å². The molecule has 1 saturated heterocycles. The second-order valence-corrected chi connectivity index (χ2v) is 7.12. The average molecular weight is 392 g/mol. The summed E-state index contributed by atoms with van der Waals surface area (Å²) in [5, 5.41) is 2.89. The summed E-state index contributed by atoms with van der Waals surface area (Å²) in [5.41, 5.74) is 1.93. The molecule has 0 aliphatic carbocycles. The molecule has 0 atom stereocenters. The third-order valence-corrected chi connectivity index (χ3v) is 5.21. The van der Waals surface area contributed by atoms with E-state index in [1.54, 1.807) is 17.7 Å². The van der Waals surface area contributed by atoms with Gasteiger partial charge in [-0.05, 0) is 49.1 Å². The number of piperidine rings is 1. The highest BCUT2D eigenvalue weighted by Crippen LogP contribution is 2.18. The predicted molar refractivity (Wildman–Crippen MR) is 109 cm³/mol. The lowest BCUT2D eigenvalue weighted by Gasteiger charge is -2.25. The van der Waals surface area contributed by atoms with Gasteiger partial charge in [-0.2, -0.15) is 0 Å². The number of aromatic nitrogens is 2. The molecule has 0 unspecified atom stereocenters. The van der Waals surface area contributed by atoms with E-state index in [-0.39, 0.29) is 17.6 Å². The number of pyridine rings is 1. The van der Waals surface area contributed by atoms with E-state index in [0.717, 1.165) is 43.7 Å². The van der Waals surface area contributed by atoms with Gasteiger partial charge in [-0.15, -0.1) is 0 Å². The number of hydrogen-bond acceptors (Lipinski definition) is 4. The maximum Gasteiger partial charge on any atom is 0.287 e. The van der Waals surface area contributed by atoms with Crippen LogP contribution in [0.25, 0.3) is 5.52 Å². The van der Waals surface area contributed by atoms with Crippen LogP contribution in [0.4, 0.5) is 0 Å². The minimum atomic E-state index is -0.320. The van der Waals surface area contributed by atoms with E-state index in [1.165, 1.54) is 0 Å². The van der Waals surface area contributed by atoms with Gasteiger partial charge in [0.1, 0.15) is 5.75 Å². The van der Waals surface area contributed by atoms with E-state index in [2.05, 4.69) is 10.3 Å². The summed E-state index contributed by atoms with van der Waals surface area (Å²) in [6.45, 7) is 1.84. The van der Waals surface area contributed by atoms with Gasteiger partial charge in [0.25, 0.3) is 11.8 Å². The SMILES string of the molecule is COc1ccc(CNC(=O)c2nc(C(=O)N3CCCCC3)c3ccccn23)cc1. The lowest BCUT2D eigenvalue weighted by Crippen LogP contribution is -2.36. The fraction of sp³-hybridized carbons (Fsp3) is 0.318. The normalized spacial score (nSPS) is 14.0. The summed E-state index contributed by atoms with van der Waals surface area (Å²) < 4.78 is 6.83. The Morgan fingerprint density at radius 1 is 1.07 bits per heavy atom. The average Bonchev–Trinajstić information content (AvgIpc) is 3.18. The van der Waals surface area contributed by atoms with Crippen LogP contribution in [0.1, 0.15) is 45.9 Å². The van der Waals surface area contributed by atoms with Crippen LogP contribution in [0.5, 0.6) is 5.75 Å². The molecule has 1 N–H and O–H groups in total. The van der Waals surface area contributed by atoms with Crippen molar-refractivity contribution >= 4 is 17.3 Å². The second kappa shape index (κ2) is 8.34. The summed E-state index contributed by atoms with van der Waals surface area (Å²) in [7, 11) is 1.61. The number of nitrogens with one attached hydrogen (secondary N) is 1. The van der Waals surface area contributed by atoms with Gasteiger partial charge in [-0.3, -0.25) is 14.0 Å². The van der Waals surface area contributed by atoms with E-state index >= 15 is 0 Å². The number of benzene rings is 1. The zero-order chi connectivity index (χ0) is 20.2. The number of fused-ring (bicyclic) bond motifs is 1. The topological polar surface area (TPSA) is 75.9 Å². The molecular formula is C22H24N4O3. The lowest BCUT2D eigenvalue weighted by atomic mass is 10.1. The van der Waals surface area contributed by atoms with Gasteiger partial charge in [0.05, 0.1) is 12.6 Å². The second-order valence-electron chi connectivity index (χ2n) is 7.12. The standard InChI is InChI=1S/C22H24N4O3/c1-29-17-10-8-16(9-11-17)15-23-21(27)20-24-19(18-7-3-6-14-26(18)20)22(28)25-12-4-2-5-13-25/h3,6-11,14H,2,4-5,12-13,15H2,1H3,(H,23,27). The van der Waals surface area contributed by atoms with Gasteiger partial charge in [-0.25, -0.2) is 4.98 Å². The molecule has 0 spiro atoms. The third kappa shape index (κ3) is 3.94. The Labute approximate surface area is 169 Å². The smallest absolute Gasteiger partial charge is 0.287 e. The number of hydrogen-bond donors (Lipinski definition) is 1. The predicted octanol–water partition coefficient (Wildman–Crippen LogP) is 2.90. The molecular weight excluding hydrogens is 368 g/mol. The Hall–Kier alpha value is -3.35. The molecule has 1 aromatic carbocycles. The fourth-order valence-corrected chi connectivity index (χ4v) is 3.61. The van der Waals surface area contributed by atoms with E-state index < -0.39 is 0 Å². The Balaban J connectivity index is 1.56. The van der Waals surface area contributed by atoms with Crippen LogP contribution in [-0.2, 0) is 6.54 Å². The van der Waals surface area contributed by atoms with Gasteiger partial charge in [0.15, 0.2) is 5.69 Å².